The van der Waals surface area contributed by atoms with Gasteiger partial charge in [-0.2, -0.15) is 0 Å². The molecular formula is C18H16N4OS. The number of nitrogens with zero attached hydrogens (tertiary/aromatic N) is 4. The molecule has 4 aromatic heterocycles. The molecule has 120 valence electrons. The lowest BCUT2D eigenvalue weighted by Gasteiger charge is -2.08. The monoisotopic (exact) mass is 336 g/mol. The van der Waals surface area contributed by atoms with Gasteiger partial charge in [-0.3, -0.25) is 4.98 Å². The van der Waals surface area contributed by atoms with Crippen LogP contribution in [0.5, 0.6) is 0 Å². The minimum Gasteiger partial charge on any atom is -0.415 e. The van der Waals surface area contributed by atoms with Crippen LogP contribution in [0.3, 0.4) is 0 Å². The zero-order valence-electron chi connectivity index (χ0n) is 13.6. The van der Waals surface area contributed by atoms with Gasteiger partial charge in [0.1, 0.15) is 0 Å². The highest BCUT2D eigenvalue weighted by Gasteiger charge is 2.19. The third-order valence-electron chi connectivity index (χ3n) is 4.05. The van der Waals surface area contributed by atoms with E-state index in [-0.39, 0.29) is 0 Å². The summed E-state index contributed by atoms with van der Waals surface area (Å²) >= 11 is 1.61. The van der Waals surface area contributed by atoms with Crippen LogP contribution >= 0.6 is 11.3 Å². The molecule has 0 amide bonds. The van der Waals surface area contributed by atoms with E-state index in [0.29, 0.717) is 11.8 Å². The Kier molecular flexibility index (Phi) is 3.54. The molecule has 0 saturated carbocycles. The fraction of sp³-hybridized carbons (Fsp3) is 0.167. The largest absolute Gasteiger partial charge is 0.415 e. The highest BCUT2D eigenvalue weighted by atomic mass is 32.1. The van der Waals surface area contributed by atoms with Crippen molar-refractivity contribution in [1.29, 1.82) is 0 Å². The summed E-state index contributed by atoms with van der Waals surface area (Å²) in [5.41, 5.74) is 5.27. The third-order valence-corrected chi connectivity index (χ3v) is 5.05. The first-order valence-corrected chi connectivity index (χ1v) is 8.51. The van der Waals surface area contributed by atoms with Crippen molar-refractivity contribution in [2.45, 2.75) is 20.8 Å². The topological polar surface area (TPSA) is 56.7 Å². The summed E-state index contributed by atoms with van der Waals surface area (Å²) < 4.78 is 8.08. The van der Waals surface area contributed by atoms with E-state index in [1.807, 2.05) is 30.6 Å². The Morgan fingerprint density at radius 1 is 1.08 bits per heavy atom. The maximum atomic E-state index is 5.94. The summed E-state index contributed by atoms with van der Waals surface area (Å²) in [4.78, 5) is 5.22. The number of aryl methyl sites for hydroxylation is 2. The molecule has 0 aliphatic carbocycles. The highest BCUT2D eigenvalue weighted by molar-refractivity contribution is 7.13. The van der Waals surface area contributed by atoms with Gasteiger partial charge in [-0.1, -0.05) is 0 Å². The van der Waals surface area contributed by atoms with E-state index in [4.69, 9.17) is 4.42 Å². The summed E-state index contributed by atoms with van der Waals surface area (Å²) in [7, 11) is 0. The van der Waals surface area contributed by atoms with Crippen molar-refractivity contribution in [2.24, 2.45) is 0 Å². The Hall–Kier alpha value is -2.73. The van der Waals surface area contributed by atoms with Crippen LogP contribution in [0.25, 0.3) is 27.9 Å². The summed E-state index contributed by atoms with van der Waals surface area (Å²) in [5.74, 6) is 1.12. The first-order valence-electron chi connectivity index (χ1n) is 7.63. The van der Waals surface area contributed by atoms with E-state index in [0.717, 1.165) is 33.1 Å². The number of rotatable bonds is 3. The molecule has 0 radical (unpaired) electrons. The molecule has 0 fully saturated rings. The van der Waals surface area contributed by atoms with Crippen LogP contribution in [0.2, 0.25) is 0 Å². The normalized spacial score (nSPS) is 11.1. The van der Waals surface area contributed by atoms with E-state index < -0.39 is 0 Å². The molecule has 0 aliphatic rings. The zero-order valence-corrected chi connectivity index (χ0v) is 14.5. The van der Waals surface area contributed by atoms with E-state index in [9.17, 15) is 0 Å². The molecule has 0 saturated heterocycles. The number of pyridine rings is 1. The van der Waals surface area contributed by atoms with Gasteiger partial charge in [-0.05, 0) is 56.0 Å². The molecule has 5 nitrogen and oxygen atoms in total. The minimum atomic E-state index is 0.543. The Morgan fingerprint density at radius 2 is 1.92 bits per heavy atom. The average Bonchev–Trinajstić information content (AvgIpc) is 3.27. The lowest BCUT2D eigenvalue weighted by Crippen LogP contribution is -1.99. The van der Waals surface area contributed by atoms with E-state index in [1.54, 1.807) is 17.5 Å². The SMILES string of the molecule is Cc1ccsc1-c1nnc(-c2cc(C)n(-c3cccnc3)c2C)o1. The summed E-state index contributed by atoms with van der Waals surface area (Å²) in [6, 6.07) is 8.09. The molecule has 0 spiro atoms. The Bertz CT molecular complexity index is 997. The maximum Gasteiger partial charge on any atom is 0.258 e. The summed E-state index contributed by atoms with van der Waals surface area (Å²) in [6.45, 7) is 6.16. The van der Waals surface area contributed by atoms with Gasteiger partial charge in [0.25, 0.3) is 5.89 Å². The van der Waals surface area contributed by atoms with Crippen molar-refractivity contribution in [3.05, 3.63) is 59.0 Å². The van der Waals surface area contributed by atoms with Crippen molar-refractivity contribution in [3.63, 3.8) is 0 Å². The van der Waals surface area contributed by atoms with E-state index in [1.165, 1.54) is 0 Å². The molecular weight excluding hydrogens is 320 g/mol. The molecule has 4 rings (SSSR count). The second-order valence-electron chi connectivity index (χ2n) is 5.68. The van der Waals surface area contributed by atoms with Gasteiger partial charge in [-0.15, -0.1) is 21.5 Å². The second-order valence-corrected chi connectivity index (χ2v) is 6.59. The molecule has 24 heavy (non-hydrogen) atoms. The molecule has 0 aliphatic heterocycles. The van der Waals surface area contributed by atoms with E-state index >= 15 is 0 Å². The molecule has 0 aromatic carbocycles. The van der Waals surface area contributed by atoms with Crippen molar-refractivity contribution in [3.8, 4) is 27.9 Å². The molecule has 0 bridgehead atoms. The average molecular weight is 336 g/mol. The quantitative estimate of drug-likeness (QED) is 0.549. The third kappa shape index (κ3) is 2.35. The maximum absolute atomic E-state index is 5.94. The van der Waals surface area contributed by atoms with Gasteiger partial charge in [0, 0.05) is 17.6 Å². The van der Waals surface area contributed by atoms with Crippen molar-refractivity contribution in [1.82, 2.24) is 19.7 Å². The minimum absolute atomic E-state index is 0.543. The van der Waals surface area contributed by atoms with Gasteiger partial charge in [-0.25, -0.2) is 0 Å². The van der Waals surface area contributed by atoms with Crippen LogP contribution in [0.1, 0.15) is 17.0 Å². The highest BCUT2D eigenvalue weighted by Crippen LogP contribution is 2.33. The molecule has 4 heterocycles. The van der Waals surface area contributed by atoms with Crippen molar-refractivity contribution >= 4 is 11.3 Å². The Balaban J connectivity index is 1.79. The van der Waals surface area contributed by atoms with Gasteiger partial charge >= 0.3 is 0 Å². The van der Waals surface area contributed by atoms with Crippen LogP contribution < -0.4 is 0 Å². The fourth-order valence-electron chi connectivity index (χ4n) is 2.88. The molecule has 4 aromatic rings. The zero-order chi connectivity index (χ0) is 16.7. The van der Waals surface area contributed by atoms with Crippen LogP contribution in [0, 0.1) is 20.8 Å². The standard InChI is InChI=1S/C18H16N4OS/c1-11-6-8-24-16(11)18-21-20-17(23-18)15-9-12(2)22(13(15)3)14-5-4-7-19-10-14/h4-10H,1-3H3. The number of aromatic nitrogens is 4. The van der Waals surface area contributed by atoms with Crippen LogP contribution in [-0.2, 0) is 0 Å². The molecule has 0 unspecified atom stereocenters. The van der Waals surface area contributed by atoms with Crippen LogP contribution in [0.15, 0.2) is 46.5 Å². The predicted molar refractivity (Wildman–Crippen MR) is 94.4 cm³/mol. The molecule has 6 heteroatoms. The number of hydrogen-bond acceptors (Lipinski definition) is 5. The lowest BCUT2D eigenvalue weighted by atomic mass is 10.2. The van der Waals surface area contributed by atoms with Crippen molar-refractivity contribution in [2.75, 3.05) is 0 Å². The first-order chi connectivity index (χ1) is 11.6. The second kappa shape index (κ2) is 5.72. The molecule has 0 N–H and O–H groups in total. The fourth-order valence-corrected chi connectivity index (χ4v) is 3.72. The van der Waals surface area contributed by atoms with Crippen LogP contribution in [0.4, 0.5) is 0 Å². The smallest absolute Gasteiger partial charge is 0.258 e. The van der Waals surface area contributed by atoms with Gasteiger partial charge < -0.3 is 8.98 Å². The number of thiophene rings is 1. The number of hydrogen-bond donors (Lipinski definition) is 0. The predicted octanol–water partition coefficient (Wildman–Crippen LogP) is 4.58. The first kappa shape index (κ1) is 14.8. The Labute approximate surface area is 143 Å². The van der Waals surface area contributed by atoms with Crippen molar-refractivity contribution < 1.29 is 4.42 Å². The molecule has 0 atom stereocenters. The van der Waals surface area contributed by atoms with Gasteiger partial charge in [0.2, 0.25) is 5.89 Å². The Morgan fingerprint density at radius 3 is 2.62 bits per heavy atom. The lowest BCUT2D eigenvalue weighted by molar-refractivity contribution is 0.585. The van der Waals surface area contributed by atoms with Gasteiger partial charge in [0.15, 0.2) is 0 Å². The summed E-state index contributed by atoms with van der Waals surface area (Å²) in [5, 5.41) is 10.5. The van der Waals surface area contributed by atoms with E-state index in [2.05, 4.69) is 45.7 Å². The summed E-state index contributed by atoms with van der Waals surface area (Å²) in [6.07, 6.45) is 3.62. The van der Waals surface area contributed by atoms with Crippen LogP contribution in [-0.4, -0.2) is 19.7 Å². The van der Waals surface area contributed by atoms with Gasteiger partial charge in [0.05, 0.1) is 22.3 Å².